The number of amides is 1. The van der Waals surface area contributed by atoms with E-state index in [4.69, 9.17) is 19.4 Å². The van der Waals surface area contributed by atoms with Crippen LogP contribution in [0, 0.1) is 0 Å². The second-order valence-corrected chi connectivity index (χ2v) is 12.7. The highest BCUT2D eigenvalue weighted by Gasteiger charge is 2.31. The first-order valence-electron chi connectivity index (χ1n) is 15.5. The first-order chi connectivity index (χ1) is 22.5. The number of aromatic nitrogens is 2. The number of fused-ring (bicyclic) bond motifs is 2. The molecule has 2 aliphatic rings. The van der Waals surface area contributed by atoms with Gasteiger partial charge in [0.05, 0.1) is 12.2 Å². The molecule has 1 fully saturated rings. The fraction of sp³-hybridized carbons (Fsp3) is 0.250. The Balaban J connectivity index is 1.12. The largest absolute Gasteiger partial charge is 0.609 e. The van der Waals surface area contributed by atoms with Gasteiger partial charge < -0.3 is 28.7 Å². The minimum Gasteiger partial charge on any atom is -0.609 e. The summed E-state index contributed by atoms with van der Waals surface area (Å²) < 4.78 is 24.5. The number of carbonyl (C=O) groups is 1. The van der Waals surface area contributed by atoms with Gasteiger partial charge in [0, 0.05) is 66.6 Å². The van der Waals surface area contributed by atoms with Crippen LogP contribution >= 0.6 is 0 Å². The van der Waals surface area contributed by atoms with Gasteiger partial charge in [-0.3, -0.25) is 0 Å². The summed E-state index contributed by atoms with van der Waals surface area (Å²) in [5, 5.41) is 2.58. The highest BCUT2D eigenvalue weighted by Crippen LogP contribution is 2.37. The molecule has 234 valence electrons. The third-order valence-electron chi connectivity index (χ3n) is 8.47. The van der Waals surface area contributed by atoms with Crippen molar-refractivity contribution in [3.05, 3.63) is 114 Å². The van der Waals surface area contributed by atoms with E-state index in [1.54, 1.807) is 23.3 Å². The van der Waals surface area contributed by atoms with E-state index < -0.39 is 11.2 Å². The summed E-state index contributed by atoms with van der Waals surface area (Å²) in [6.07, 6.45) is 2.00. The molecule has 4 aromatic carbocycles. The van der Waals surface area contributed by atoms with E-state index in [1.807, 2.05) is 42.5 Å². The van der Waals surface area contributed by atoms with Crippen LogP contribution in [0.4, 0.5) is 16.3 Å². The lowest BCUT2D eigenvalue weighted by Gasteiger charge is -2.37. The molecule has 9 nitrogen and oxygen atoms in total. The molecule has 3 heterocycles. The maximum Gasteiger partial charge on any atom is 0.415 e. The normalized spacial score (nSPS) is 15.4. The number of para-hydroxylation sites is 1. The average Bonchev–Trinajstić information content (AvgIpc) is 3.10. The first-order valence-corrected chi connectivity index (χ1v) is 17.0. The maximum atomic E-state index is 12.8. The standard InChI is InChI=1S/C36H35N5O4S/c1-46(43)35-37-32-24-41(33-23-29(22-27-12-8-9-15-30(27)33)44-25-26-10-4-2-5-11-26)17-16-31(32)34(38-35)39-18-20-40(21-19-39)36(42)45-28-13-6-3-7-14-28/h2-15,22-23H,16-21,24-25H2,1H3. The van der Waals surface area contributed by atoms with Crippen molar-refractivity contribution in [1.29, 1.82) is 0 Å². The SMILES string of the molecule is C[S+]([O-])c1nc2c(c(N3CCN(C(=O)Oc4ccccc4)CC3)n1)CCN(c1cc(OCc3ccccc3)cc3ccccc13)C2. The zero-order chi connectivity index (χ0) is 31.5. The number of hydrogen-bond donors (Lipinski definition) is 0. The van der Waals surface area contributed by atoms with Crippen LogP contribution < -0.4 is 19.3 Å². The highest BCUT2D eigenvalue weighted by atomic mass is 32.2. The second-order valence-electron chi connectivity index (χ2n) is 11.5. The monoisotopic (exact) mass is 633 g/mol. The van der Waals surface area contributed by atoms with Crippen molar-refractivity contribution < 1.29 is 18.8 Å². The Labute approximate surface area is 271 Å². The number of nitrogens with zero attached hydrogens (tertiary/aromatic N) is 5. The van der Waals surface area contributed by atoms with Crippen LogP contribution in [-0.4, -0.2) is 64.5 Å². The Bertz CT molecular complexity index is 1830. The van der Waals surface area contributed by atoms with Crippen LogP contribution in [0.1, 0.15) is 16.8 Å². The van der Waals surface area contributed by atoms with Crippen LogP contribution in [0.15, 0.2) is 102 Å². The molecule has 1 saturated heterocycles. The predicted octanol–water partition coefficient (Wildman–Crippen LogP) is 5.83. The lowest BCUT2D eigenvalue weighted by molar-refractivity contribution is 0.149. The lowest BCUT2D eigenvalue weighted by Crippen LogP contribution is -2.50. The molecule has 10 heteroatoms. The van der Waals surface area contributed by atoms with Gasteiger partial charge in [-0.2, -0.15) is 9.97 Å². The minimum absolute atomic E-state index is 0.325. The number of hydrogen-bond acceptors (Lipinski definition) is 8. The summed E-state index contributed by atoms with van der Waals surface area (Å²) >= 11 is -1.35. The maximum absolute atomic E-state index is 12.8. The van der Waals surface area contributed by atoms with E-state index in [0.717, 1.165) is 57.8 Å². The molecule has 0 N–H and O–H groups in total. The lowest BCUT2D eigenvalue weighted by atomic mass is 10.0. The summed E-state index contributed by atoms with van der Waals surface area (Å²) in [7, 11) is 0. The van der Waals surface area contributed by atoms with Crippen molar-refractivity contribution in [2.75, 3.05) is 48.8 Å². The summed E-state index contributed by atoms with van der Waals surface area (Å²) in [6, 6.07) is 31.8. The van der Waals surface area contributed by atoms with Gasteiger partial charge in [-0.1, -0.05) is 72.8 Å². The van der Waals surface area contributed by atoms with Crippen molar-refractivity contribution in [3.63, 3.8) is 0 Å². The molecule has 46 heavy (non-hydrogen) atoms. The molecular formula is C36H35N5O4S. The Morgan fingerprint density at radius 3 is 2.30 bits per heavy atom. The molecule has 0 aliphatic carbocycles. The summed E-state index contributed by atoms with van der Waals surface area (Å²) in [4.78, 5) is 28.6. The number of anilines is 2. The molecule has 0 bridgehead atoms. The molecule has 0 saturated carbocycles. The zero-order valence-electron chi connectivity index (χ0n) is 25.7. The van der Waals surface area contributed by atoms with E-state index in [0.29, 0.717) is 50.2 Å². The molecule has 1 atom stereocenters. The average molecular weight is 634 g/mol. The third-order valence-corrected chi connectivity index (χ3v) is 9.16. The van der Waals surface area contributed by atoms with E-state index in [9.17, 15) is 9.35 Å². The van der Waals surface area contributed by atoms with E-state index in [-0.39, 0.29) is 6.09 Å². The second kappa shape index (κ2) is 13.3. The quantitative estimate of drug-likeness (QED) is 0.163. The molecular weight excluding hydrogens is 598 g/mol. The van der Waals surface area contributed by atoms with E-state index in [1.165, 1.54) is 0 Å². The molecule has 2 aliphatic heterocycles. The van der Waals surface area contributed by atoms with Gasteiger partial charge in [0.1, 0.15) is 30.2 Å². The van der Waals surface area contributed by atoms with Crippen LogP contribution in [0.2, 0.25) is 0 Å². The first kappa shape index (κ1) is 29.9. The molecule has 7 rings (SSSR count). The van der Waals surface area contributed by atoms with Gasteiger partial charge in [0.2, 0.25) is 0 Å². The molecule has 0 radical (unpaired) electrons. The van der Waals surface area contributed by atoms with Crippen LogP contribution in [0.5, 0.6) is 11.5 Å². The summed E-state index contributed by atoms with van der Waals surface area (Å²) in [6.45, 7) is 4.02. The number of rotatable bonds is 7. The fourth-order valence-electron chi connectivity index (χ4n) is 6.09. The van der Waals surface area contributed by atoms with Gasteiger partial charge in [0.25, 0.3) is 0 Å². The van der Waals surface area contributed by atoms with Crippen molar-refractivity contribution >= 4 is 39.5 Å². The molecule has 0 spiro atoms. The predicted molar refractivity (Wildman–Crippen MR) is 180 cm³/mol. The summed E-state index contributed by atoms with van der Waals surface area (Å²) in [5.41, 5.74) is 4.15. The van der Waals surface area contributed by atoms with Gasteiger partial charge >= 0.3 is 11.2 Å². The van der Waals surface area contributed by atoms with Crippen molar-refractivity contribution in [3.8, 4) is 11.5 Å². The Morgan fingerprint density at radius 1 is 0.826 bits per heavy atom. The Hall–Kier alpha value is -4.80. The Kier molecular flexibility index (Phi) is 8.63. The van der Waals surface area contributed by atoms with Gasteiger partial charge in [-0.25, -0.2) is 4.79 Å². The van der Waals surface area contributed by atoms with E-state index >= 15 is 0 Å². The molecule has 1 amide bonds. The molecule has 1 aromatic heterocycles. The minimum atomic E-state index is -1.35. The van der Waals surface area contributed by atoms with Crippen LogP contribution in [-0.2, 0) is 30.7 Å². The summed E-state index contributed by atoms with van der Waals surface area (Å²) in [5.74, 6) is 2.15. The van der Waals surface area contributed by atoms with Gasteiger partial charge in [0.15, 0.2) is 0 Å². The third kappa shape index (κ3) is 6.45. The topological polar surface area (TPSA) is 94.1 Å². The Morgan fingerprint density at radius 2 is 1.54 bits per heavy atom. The van der Waals surface area contributed by atoms with E-state index in [2.05, 4.69) is 52.3 Å². The van der Waals surface area contributed by atoms with Gasteiger partial charge in [-0.05, 0) is 35.6 Å². The van der Waals surface area contributed by atoms with Crippen LogP contribution in [0.25, 0.3) is 10.8 Å². The smallest absolute Gasteiger partial charge is 0.415 e. The van der Waals surface area contributed by atoms with Crippen LogP contribution in [0.3, 0.4) is 0 Å². The highest BCUT2D eigenvalue weighted by molar-refractivity contribution is 7.90. The van der Waals surface area contributed by atoms with Crippen molar-refractivity contribution in [2.24, 2.45) is 0 Å². The van der Waals surface area contributed by atoms with Crippen molar-refractivity contribution in [1.82, 2.24) is 14.9 Å². The number of piperazine rings is 1. The molecule has 1 unspecified atom stereocenters. The zero-order valence-corrected chi connectivity index (χ0v) is 26.5. The fourth-order valence-corrected chi connectivity index (χ4v) is 6.54. The number of benzene rings is 4. The van der Waals surface area contributed by atoms with Crippen molar-refractivity contribution in [2.45, 2.75) is 24.7 Å². The number of ether oxygens (including phenoxy) is 2. The number of carbonyl (C=O) groups excluding carboxylic acids is 1. The van der Waals surface area contributed by atoms with Gasteiger partial charge in [-0.15, -0.1) is 0 Å². The molecule has 5 aromatic rings.